The van der Waals surface area contributed by atoms with Crippen LogP contribution in [-0.2, 0) is 4.79 Å². The molecule has 1 amide bonds. The van der Waals surface area contributed by atoms with Gasteiger partial charge in [-0.15, -0.1) is 0 Å². The van der Waals surface area contributed by atoms with E-state index < -0.39 is 6.04 Å². The molecular weight excluding hydrogens is 248 g/mol. The van der Waals surface area contributed by atoms with E-state index in [0.29, 0.717) is 5.02 Å². The van der Waals surface area contributed by atoms with Crippen LogP contribution in [0.1, 0.15) is 38.8 Å². The summed E-state index contributed by atoms with van der Waals surface area (Å²) in [6.07, 6.45) is 0.889. The van der Waals surface area contributed by atoms with E-state index >= 15 is 0 Å². The highest BCUT2D eigenvalue weighted by molar-refractivity contribution is 6.30. The minimum Gasteiger partial charge on any atom is -0.348 e. The highest BCUT2D eigenvalue weighted by Gasteiger charge is 2.21. The molecule has 3 atom stereocenters. The van der Waals surface area contributed by atoms with Crippen LogP contribution in [0.25, 0.3) is 0 Å². The van der Waals surface area contributed by atoms with Gasteiger partial charge >= 0.3 is 0 Å². The second kappa shape index (κ2) is 6.76. The average molecular weight is 269 g/mol. The second-order valence-corrected chi connectivity index (χ2v) is 5.13. The topological polar surface area (TPSA) is 55.1 Å². The number of amides is 1. The van der Waals surface area contributed by atoms with Gasteiger partial charge in [-0.25, -0.2) is 0 Å². The van der Waals surface area contributed by atoms with Crippen molar-refractivity contribution >= 4 is 17.5 Å². The van der Waals surface area contributed by atoms with Crippen LogP contribution in [0.3, 0.4) is 0 Å². The number of carbonyl (C=O) groups excluding carboxylic acids is 1. The Kier molecular flexibility index (Phi) is 5.63. The maximum Gasteiger partial charge on any atom is 0.237 e. The molecule has 0 heterocycles. The smallest absolute Gasteiger partial charge is 0.237 e. The molecular formula is C14H21ClN2O. The third-order valence-corrected chi connectivity index (χ3v) is 3.50. The van der Waals surface area contributed by atoms with Crippen LogP contribution in [0.4, 0.5) is 0 Å². The zero-order chi connectivity index (χ0) is 13.7. The van der Waals surface area contributed by atoms with Gasteiger partial charge < -0.3 is 11.1 Å². The van der Waals surface area contributed by atoms with Crippen molar-refractivity contribution in [3.63, 3.8) is 0 Å². The molecule has 0 aliphatic rings. The van der Waals surface area contributed by atoms with E-state index in [1.165, 1.54) is 0 Å². The Bertz CT molecular complexity index is 409. The van der Waals surface area contributed by atoms with Gasteiger partial charge in [0.05, 0.1) is 12.1 Å². The monoisotopic (exact) mass is 268 g/mol. The SMILES string of the molecule is CC[C@H](C)[C@H](N)C(=O)N[C@@H](C)c1cccc(Cl)c1. The summed E-state index contributed by atoms with van der Waals surface area (Å²) in [6.45, 7) is 5.93. The van der Waals surface area contributed by atoms with Gasteiger partial charge in [0.1, 0.15) is 0 Å². The lowest BCUT2D eigenvalue weighted by Gasteiger charge is -2.21. The zero-order valence-corrected chi connectivity index (χ0v) is 11.9. The van der Waals surface area contributed by atoms with Crippen molar-refractivity contribution in [1.29, 1.82) is 0 Å². The Hall–Kier alpha value is -1.06. The normalized spacial score (nSPS) is 15.8. The molecule has 1 aromatic carbocycles. The minimum atomic E-state index is -0.461. The van der Waals surface area contributed by atoms with Crippen LogP contribution in [0.15, 0.2) is 24.3 Å². The molecule has 0 unspecified atom stereocenters. The Morgan fingerprint density at radius 2 is 2.11 bits per heavy atom. The van der Waals surface area contributed by atoms with Crippen molar-refractivity contribution in [2.75, 3.05) is 0 Å². The second-order valence-electron chi connectivity index (χ2n) is 4.70. The third-order valence-electron chi connectivity index (χ3n) is 3.27. The van der Waals surface area contributed by atoms with Crippen LogP contribution in [0, 0.1) is 5.92 Å². The molecule has 1 aromatic rings. The Morgan fingerprint density at radius 1 is 1.44 bits per heavy atom. The first-order valence-corrected chi connectivity index (χ1v) is 6.65. The van der Waals surface area contributed by atoms with Crippen molar-refractivity contribution in [2.45, 2.75) is 39.3 Å². The first kappa shape index (κ1) is 15.0. The summed E-state index contributed by atoms with van der Waals surface area (Å²) in [6, 6.07) is 6.91. The van der Waals surface area contributed by atoms with Crippen molar-refractivity contribution in [2.24, 2.45) is 11.7 Å². The predicted molar refractivity (Wildman–Crippen MR) is 75.4 cm³/mol. The van der Waals surface area contributed by atoms with E-state index in [0.717, 1.165) is 12.0 Å². The van der Waals surface area contributed by atoms with E-state index in [-0.39, 0.29) is 17.9 Å². The van der Waals surface area contributed by atoms with E-state index in [2.05, 4.69) is 5.32 Å². The number of hydrogen-bond donors (Lipinski definition) is 2. The van der Waals surface area contributed by atoms with Crippen LogP contribution in [0.2, 0.25) is 5.02 Å². The van der Waals surface area contributed by atoms with Gasteiger partial charge in [-0.3, -0.25) is 4.79 Å². The average Bonchev–Trinajstić information content (AvgIpc) is 2.36. The first-order chi connectivity index (χ1) is 8.45. The maximum atomic E-state index is 11.9. The molecule has 0 aliphatic heterocycles. The van der Waals surface area contributed by atoms with Crippen LogP contribution < -0.4 is 11.1 Å². The van der Waals surface area contributed by atoms with Crippen molar-refractivity contribution < 1.29 is 4.79 Å². The van der Waals surface area contributed by atoms with Gasteiger partial charge in [0, 0.05) is 5.02 Å². The number of carbonyl (C=O) groups is 1. The van der Waals surface area contributed by atoms with Gasteiger partial charge in [0.2, 0.25) is 5.91 Å². The highest BCUT2D eigenvalue weighted by Crippen LogP contribution is 2.17. The number of halogens is 1. The molecule has 0 aromatic heterocycles. The molecule has 0 saturated carbocycles. The van der Waals surface area contributed by atoms with Gasteiger partial charge in [-0.1, -0.05) is 44.0 Å². The summed E-state index contributed by atoms with van der Waals surface area (Å²) in [7, 11) is 0. The summed E-state index contributed by atoms with van der Waals surface area (Å²) in [5.41, 5.74) is 6.87. The fraction of sp³-hybridized carbons (Fsp3) is 0.500. The van der Waals surface area contributed by atoms with Crippen LogP contribution in [-0.4, -0.2) is 11.9 Å². The largest absolute Gasteiger partial charge is 0.348 e. The number of nitrogens with two attached hydrogens (primary N) is 1. The molecule has 0 radical (unpaired) electrons. The molecule has 0 saturated heterocycles. The molecule has 0 spiro atoms. The van der Waals surface area contributed by atoms with Gasteiger partial charge in [0.25, 0.3) is 0 Å². The molecule has 1 rings (SSSR count). The summed E-state index contributed by atoms with van der Waals surface area (Å²) in [5, 5.41) is 3.58. The maximum absolute atomic E-state index is 11.9. The van der Waals surface area contributed by atoms with Crippen molar-refractivity contribution in [1.82, 2.24) is 5.32 Å². The molecule has 100 valence electrons. The van der Waals surface area contributed by atoms with E-state index in [1.807, 2.05) is 45.0 Å². The summed E-state index contributed by atoms with van der Waals surface area (Å²) in [4.78, 5) is 11.9. The standard InChI is InChI=1S/C14H21ClN2O/c1-4-9(2)13(16)14(18)17-10(3)11-6-5-7-12(15)8-11/h5-10,13H,4,16H2,1-3H3,(H,17,18)/t9-,10-,13-/m0/s1. The highest BCUT2D eigenvalue weighted by atomic mass is 35.5. The fourth-order valence-corrected chi connectivity index (χ4v) is 1.88. The van der Waals surface area contributed by atoms with Crippen LogP contribution >= 0.6 is 11.6 Å². The number of nitrogens with one attached hydrogen (secondary N) is 1. The third kappa shape index (κ3) is 4.00. The summed E-state index contributed by atoms with van der Waals surface area (Å²) in [5.74, 6) is 0.0633. The molecule has 3 N–H and O–H groups in total. The lowest BCUT2D eigenvalue weighted by atomic mass is 9.98. The minimum absolute atomic E-state index is 0.0914. The zero-order valence-electron chi connectivity index (χ0n) is 11.1. The molecule has 0 aliphatic carbocycles. The number of hydrogen-bond acceptors (Lipinski definition) is 2. The van der Waals surface area contributed by atoms with Gasteiger partial charge in [-0.05, 0) is 30.5 Å². The molecule has 0 fully saturated rings. The predicted octanol–water partition coefficient (Wildman–Crippen LogP) is 2.89. The Morgan fingerprint density at radius 3 is 2.67 bits per heavy atom. The molecule has 4 heteroatoms. The summed E-state index contributed by atoms with van der Waals surface area (Å²) < 4.78 is 0. The lowest BCUT2D eigenvalue weighted by molar-refractivity contribution is -0.124. The molecule has 3 nitrogen and oxygen atoms in total. The fourth-order valence-electron chi connectivity index (χ4n) is 1.68. The van der Waals surface area contributed by atoms with E-state index in [4.69, 9.17) is 17.3 Å². The van der Waals surface area contributed by atoms with Crippen molar-refractivity contribution in [3.05, 3.63) is 34.9 Å². The van der Waals surface area contributed by atoms with Crippen LogP contribution in [0.5, 0.6) is 0 Å². The number of benzene rings is 1. The summed E-state index contributed by atoms with van der Waals surface area (Å²) >= 11 is 5.92. The lowest BCUT2D eigenvalue weighted by Crippen LogP contribution is -2.45. The van der Waals surface area contributed by atoms with Gasteiger partial charge in [0.15, 0.2) is 0 Å². The van der Waals surface area contributed by atoms with E-state index in [9.17, 15) is 4.79 Å². The van der Waals surface area contributed by atoms with Gasteiger partial charge in [-0.2, -0.15) is 0 Å². The Balaban J connectivity index is 2.65. The quantitative estimate of drug-likeness (QED) is 0.863. The van der Waals surface area contributed by atoms with E-state index in [1.54, 1.807) is 0 Å². The van der Waals surface area contributed by atoms with Crippen molar-refractivity contribution in [3.8, 4) is 0 Å². The molecule has 0 bridgehead atoms. The number of rotatable bonds is 5. The molecule has 18 heavy (non-hydrogen) atoms. The Labute approximate surface area is 114 Å². The first-order valence-electron chi connectivity index (χ1n) is 6.27.